The van der Waals surface area contributed by atoms with E-state index in [1.165, 1.54) is 17.7 Å². The first-order chi connectivity index (χ1) is 13.2. The second-order valence-electron chi connectivity index (χ2n) is 8.81. The molecule has 2 aliphatic rings. The molecular weight excluding hydrogens is 371 g/mol. The van der Waals surface area contributed by atoms with E-state index < -0.39 is 7.12 Å². The normalized spacial score (nSPS) is 21.5. The summed E-state index contributed by atoms with van der Waals surface area (Å²) in [5.41, 5.74) is 1.09. The molecule has 1 aliphatic carbocycles. The van der Waals surface area contributed by atoms with Crippen LogP contribution in [0.15, 0.2) is 30.5 Å². The van der Waals surface area contributed by atoms with Gasteiger partial charge < -0.3 is 14.6 Å². The third kappa shape index (κ3) is 3.75. The summed E-state index contributed by atoms with van der Waals surface area (Å²) in [6.07, 6.45) is 4.36. The number of nitrogens with zero attached hydrogens (tertiary/aromatic N) is 1. The van der Waals surface area contributed by atoms with Crippen LogP contribution in [0.1, 0.15) is 69.7 Å². The molecule has 5 nitrogen and oxygen atoms in total. The molecule has 0 radical (unpaired) electrons. The second-order valence-corrected chi connectivity index (χ2v) is 9.87. The molecular formula is C21H27BN2O3S. The zero-order valence-electron chi connectivity index (χ0n) is 17.1. The van der Waals surface area contributed by atoms with Crippen LogP contribution in [0.2, 0.25) is 0 Å². The van der Waals surface area contributed by atoms with Crippen molar-refractivity contribution in [2.24, 2.45) is 0 Å². The number of carbonyl (C=O) groups excluding carboxylic acids is 1. The Kier molecular flexibility index (Phi) is 4.88. The molecule has 1 aromatic heterocycles. The monoisotopic (exact) mass is 398 g/mol. The largest absolute Gasteiger partial charge is 0.494 e. The van der Waals surface area contributed by atoms with Crippen molar-refractivity contribution < 1.29 is 14.1 Å². The Hall–Kier alpha value is -1.70. The van der Waals surface area contributed by atoms with E-state index in [0.29, 0.717) is 11.0 Å². The maximum absolute atomic E-state index is 12.7. The van der Waals surface area contributed by atoms with Crippen LogP contribution in [0.5, 0.6) is 0 Å². The average molecular weight is 398 g/mol. The van der Waals surface area contributed by atoms with Crippen LogP contribution >= 0.6 is 11.3 Å². The molecule has 2 fully saturated rings. The van der Waals surface area contributed by atoms with E-state index in [1.54, 1.807) is 11.3 Å². The Labute approximate surface area is 171 Å². The number of thiazole rings is 1. The van der Waals surface area contributed by atoms with Gasteiger partial charge in [0.1, 0.15) is 0 Å². The number of hydrogen-bond acceptors (Lipinski definition) is 5. The molecule has 7 heteroatoms. The number of amides is 1. The second kappa shape index (κ2) is 6.97. The fourth-order valence-corrected chi connectivity index (χ4v) is 4.21. The summed E-state index contributed by atoms with van der Waals surface area (Å²) in [6.45, 7) is 10.1. The van der Waals surface area contributed by atoms with Gasteiger partial charge >= 0.3 is 7.12 Å². The Morgan fingerprint density at radius 3 is 2.57 bits per heavy atom. The Bertz CT molecular complexity index is 875. The lowest BCUT2D eigenvalue weighted by Crippen LogP contribution is -2.41. The van der Waals surface area contributed by atoms with Gasteiger partial charge in [-0.1, -0.05) is 24.3 Å². The topological polar surface area (TPSA) is 60.5 Å². The summed E-state index contributed by atoms with van der Waals surface area (Å²) in [5.74, 6) is 0.301. The van der Waals surface area contributed by atoms with E-state index in [0.717, 1.165) is 11.0 Å². The summed E-state index contributed by atoms with van der Waals surface area (Å²) in [4.78, 5) is 18.4. The minimum atomic E-state index is -0.430. The van der Waals surface area contributed by atoms with Crippen molar-refractivity contribution in [1.29, 1.82) is 0 Å². The number of nitrogens with one attached hydrogen (secondary N) is 1. The van der Waals surface area contributed by atoms with Gasteiger partial charge in [-0.3, -0.25) is 4.79 Å². The molecule has 1 atom stereocenters. The summed E-state index contributed by atoms with van der Waals surface area (Å²) in [5, 5.41) is 3.65. The number of rotatable bonds is 5. The van der Waals surface area contributed by atoms with E-state index in [4.69, 9.17) is 9.31 Å². The van der Waals surface area contributed by atoms with Crippen LogP contribution in [0.25, 0.3) is 0 Å². The first-order valence-corrected chi connectivity index (χ1v) is 10.7. The predicted molar refractivity (Wildman–Crippen MR) is 113 cm³/mol. The van der Waals surface area contributed by atoms with E-state index in [-0.39, 0.29) is 23.0 Å². The molecule has 4 rings (SSSR count). The molecule has 1 amide bonds. The van der Waals surface area contributed by atoms with Crippen molar-refractivity contribution in [1.82, 2.24) is 4.98 Å². The molecule has 2 heterocycles. The third-order valence-electron chi connectivity index (χ3n) is 6.06. The summed E-state index contributed by atoms with van der Waals surface area (Å²) < 4.78 is 12.3. The van der Waals surface area contributed by atoms with Crippen LogP contribution in [-0.2, 0) is 14.1 Å². The van der Waals surface area contributed by atoms with Crippen LogP contribution < -0.4 is 10.8 Å². The highest BCUT2D eigenvalue weighted by molar-refractivity contribution is 7.15. The molecule has 1 saturated heterocycles. The molecule has 148 valence electrons. The van der Waals surface area contributed by atoms with Gasteiger partial charge in [-0.25, -0.2) is 4.98 Å². The van der Waals surface area contributed by atoms with E-state index in [2.05, 4.69) is 10.3 Å². The van der Waals surface area contributed by atoms with Gasteiger partial charge in [0, 0.05) is 11.1 Å². The quantitative estimate of drug-likeness (QED) is 0.772. The van der Waals surface area contributed by atoms with Crippen molar-refractivity contribution in [2.75, 3.05) is 5.32 Å². The molecule has 0 bridgehead atoms. The summed E-state index contributed by atoms with van der Waals surface area (Å²) in [6, 6.07) is 7.91. The van der Waals surface area contributed by atoms with Gasteiger partial charge in [0.05, 0.1) is 17.1 Å². The number of anilines is 1. The molecule has 0 spiro atoms. The Morgan fingerprint density at radius 1 is 1.25 bits per heavy atom. The minimum absolute atomic E-state index is 0.0530. The SMILES string of the molecule is C[C@H](C(=O)Nc1ncc(C2CC2)s1)c1cccc(B2OC(C)(C)C(C)(C)O2)c1. The molecule has 1 saturated carbocycles. The lowest BCUT2D eigenvalue weighted by Gasteiger charge is -2.32. The van der Waals surface area contributed by atoms with Gasteiger partial charge in [0.15, 0.2) is 5.13 Å². The highest BCUT2D eigenvalue weighted by Gasteiger charge is 2.51. The predicted octanol–water partition coefficient (Wildman–Crippen LogP) is 4.06. The van der Waals surface area contributed by atoms with E-state index in [9.17, 15) is 4.79 Å². The third-order valence-corrected chi connectivity index (χ3v) is 7.14. The maximum Gasteiger partial charge on any atom is 0.494 e. The average Bonchev–Trinajstić information content (AvgIpc) is 3.34. The van der Waals surface area contributed by atoms with Gasteiger partial charge in [-0.15, -0.1) is 11.3 Å². The van der Waals surface area contributed by atoms with Crippen LogP contribution in [-0.4, -0.2) is 29.2 Å². The van der Waals surface area contributed by atoms with Gasteiger partial charge in [-0.2, -0.15) is 0 Å². The first kappa shape index (κ1) is 19.6. The molecule has 1 aromatic carbocycles. The van der Waals surface area contributed by atoms with Gasteiger partial charge in [0.2, 0.25) is 5.91 Å². The zero-order chi connectivity index (χ0) is 20.1. The molecule has 0 unspecified atom stereocenters. The number of benzene rings is 1. The molecule has 28 heavy (non-hydrogen) atoms. The van der Waals surface area contributed by atoms with Crippen molar-refractivity contribution in [3.05, 3.63) is 40.9 Å². The number of hydrogen-bond donors (Lipinski definition) is 1. The van der Waals surface area contributed by atoms with Gasteiger partial charge in [0.25, 0.3) is 0 Å². The number of carbonyl (C=O) groups is 1. The fraction of sp³-hybridized carbons (Fsp3) is 0.524. The van der Waals surface area contributed by atoms with Crippen LogP contribution in [0.4, 0.5) is 5.13 Å². The molecule has 1 N–H and O–H groups in total. The van der Waals surface area contributed by atoms with Crippen LogP contribution in [0, 0.1) is 0 Å². The van der Waals surface area contributed by atoms with Crippen molar-refractivity contribution >= 4 is 35.0 Å². The van der Waals surface area contributed by atoms with Crippen LogP contribution in [0.3, 0.4) is 0 Å². The standard InChI is InChI=1S/C21H27BN2O3S/c1-13(18(25)24-19-23-12-17(28-19)14-9-10-14)15-7-6-8-16(11-15)22-26-20(2,3)21(4,5)27-22/h6-8,11-14H,9-10H2,1-5H3,(H,23,24,25)/t13-/m0/s1. The van der Waals surface area contributed by atoms with E-state index >= 15 is 0 Å². The minimum Gasteiger partial charge on any atom is -0.399 e. The van der Waals surface area contributed by atoms with Crippen molar-refractivity contribution in [3.8, 4) is 0 Å². The molecule has 2 aromatic rings. The molecule has 1 aliphatic heterocycles. The van der Waals surface area contributed by atoms with Gasteiger partial charge in [-0.05, 0) is 64.4 Å². The maximum atomic E-state index is 12.7. The fourth-order valence-electron chi connectivity index (χ4n) is 3.22. The van der Waals surface area contributed by atoms with E-state index in [1.807, 2.05) is 65.1 Å². The summed E-state index contributed by atoms with van der Waals surface area (Å²) >= 11 is 1.58. The van der Waals surface area contributed by atoms with Crippen molar-refractivity contribution in [2.45, 2.75) is 70.5 Å². The lowest BCUT2D eigenvalue weighted by atomic mass is 9.77. The lowest BCUT2D eigenvalue weighted by molar-refractivity contribution is -0.117. The number of aromatic nitrogens is 1. The Balaban J connectivity index is 1.46. The summed E-state index contributed by atoms with van der Waals surface area (Å²) in [7, 11) is -0.430. The smallest absolute Gasteiger partial charge is 0.399 e. The highest BCUT2D eigenvalue weighted by Crippen LogP contribution is 2.43. The van der Waals surface area contributed by atoms with Crippen molar-refractivity contribution in [3.63, 3.8) is 0 Å². The first-order valence-electron chi connectivity index (χ1n) is 9.88. The Morgan fingerprint density at radius 2 is 1.93 bits per heavy atom. The highest BCUT2D eigenvalue weighted by atomic mass is 32.1. The zero-order valence-corrected chi connectivity index (χ0v) is 17.9.